The van der Waals surface area contributed by atoms with Crippen LogP contribution in [0, 0.1) is 0 Å². The summed E-state index contributed by atoms with van der Waals surface area (Å²) in [6.45, 7) is 5.01. The smallest absolute Gasteiger partial charge is 0.356 e. The minimum absolute atomic E-state index is 0.0249. The molecule has 0 saturated heterocycles. The first-order valence-electron chi connectivity index (χ1n) is 7.29. The Labute approximate surface area is 138 Å². The third-order valence-electron chi connectivity index (χ3n) is 3.75. The van der Waals surface area contributed by atoms with Crippen LogP contribution in [0.2, 0.25) is 5.02 Å². The zero-order chi connectivity index (χ0) is 16.7. The summed E-state index contributed by atoms with van der Waals surface area (Å²) < 4.78 is 13.0. The van der Waals surface area contributed by atoms with Crippen LogP contribution in [0.3, 0.4) is 0 Å². The van der Waals surface area contributed by atoms with Gasteiger partial charge in [0.1, 0.15) is 13.2 Å². The second-order valence-corrected chi connectivity index (χ2v) is 6.08. The molecule has 0 saturated carbocycles. The van der Waals surface area contributed by atoms with Crippen LogP contribution >= 0.6 is 11.6 Å². The van der Waals surface area contributed by atoms with Crippen molar-refractivity contribution in [3.63, 3.8) is 0 Å². The molecule has 6 nitrogen and oxygen atoms in total. The van der Waals surface area contributed by atoms with Gasteiger partial charge in [-0.3, -0.25) is 4.68 Å². The molecule has 0 atom stereocenters. The van der Waals surface area contributed by atoms with Crippen molar-refractivity contribution >= 4 is 17.6 Å². The average Bonchev–Trinajstić information content (AvgIpc) is 2.87. The van der Waals surface area contributed by atoms with E-state index < -0.39 is 5.97 Å². The number of fused-ring (bicyclic) bond motifs is 1. The normalized spacial score (nSPS) is 13.4. The number of carboxylic acids is 1. The van der Waals surface area contributed by atoms with E-state index in [0.29, 0.717) is 35.4 Å². The number of nitrogens with zero attached hydrogens (tertiary/aromatic N) is 2. The number of ether oxygens (including phenoxy) is 2. The van der Waals surface area contributed by atoms with E-state index in [1.807, 2.05) is 13.8 Å². The van der Waals surface area contributed by atoms with E-state index >= 15 is 0 Å². The predicted octanol–water partition coefficient (Wildman–Crippen LogP) is 3.33. The maximum atomic E-state index is 11.2. The molecule has 7 heteroatoms. The Kier molecular flexibility index (Phi) is 3.93. The van der Waals surface area contributed by atoms with Crippen molar-refractivity contribution in [1.82, 2.24) is 9.78 Å². The number of rotatable bonds is 3. The molecule has 2 aromatic rings. The van der Waals surface area contributed by atoms with Crippen molar-refractivity contribution in [1.29, 1.82) is 0 Å². The minimum atomic E-state index is -1.08. The molecule has 23 heavy (non-hydrogen) atoms. The van der Waals surface area contributed by atoms with Crippen LogP contribution in [0.5, 0.6) is 11.5 Å². The molecule has 1 aromatic carbocycles. The maximum Gasteiger partial charge on any atom is 0.356 e. The van der Waals surface area contributed by atoms with Crippen LogP contribution in [0.4, 0.5) is 0 Å². The molecule has 0 aliphatic carbocycles. The van der Waals surface area contributed by atoms with Crippen LogP contribution < -0.4 is 9.47 Å². The highest BCUT2D eigenvalue weighted by molar-refractivity contribution is 6.33. The summed E-state index contributed by atoms with van der Waals surface area (Å²) in [6, 6.07) is 3.23. The maximum absolute atomic E-state index is 11.2. The summed E-state index contributed by atoms with van der Waals surface area (Å²) in [6.07, 6.45) is 0. The fraction of sp³-hybridized carbons (Fsp3) is 0.375. The van der Waals surface area contributed by atoms with Crippen molar-refractivity contribution < 1.29 is 19.4 Å². The molecule has 1 aliphatic heterocycles. The highest BCUT2D eigenvalue weighted by Gasteiger charge is 2.27. The molecule has 0 unspecified atom stereocenters. The molecule has 1 aromatic heterocycles. The van der Waals surface area contributed by atoms with E-state index in [2.05, 4.69) is 5.10 Å². The minimum Gasteiger partial charge on any atom is -0.486 e. The van der Waals surface area contributed by atoms with Crippen molar-refractivity contribution in [3.05, 3.63) is 28.4 Å². The number of hydrogen-bond donors (Lipinski definition) is 1. The molecule has 0 fully saturated rings. The number of benzene rings is 1. The number of aryl methyl sites for hydroxylation is 1. The fourth-order valence-electron chi connectivity index (χ4n) is 2.80. The number of carboxylic acid groups (broad SMARTS) is 1. The average molecular weight is 337 g/mol. The molecular weight excluding hydrogens is 320 g/mol. The lowest BCUT2D eigenvalue weighted by molar-refractivity contribution is 0.0689. The molecule has 1 aliphatic rings. The van der Waals surface area contributed by atoms with Crippen molar-refractivity contribution in [3.8, 4) is 22.8 Å². The van der Waals surface area contributed by atoms with Gasteiger partial charge >= 0.3 is 5.97 Å². The summed E-state index contributed by atoms with van der Waals surface area (Å²) in [5.74, 6) is 0.326. The first kappa shape index (κ1) is 15.7. The topological polar surface area (TPSA) is 73.6 Å². The largest absolute Gasteiger partial charge is 0.486 e. The summed E-state index contributed by atoms with van der Waals surface area (Å²) in [7, 11) is 1.69. The van der Waals surface area contributed by atoms with Crippen LogP contribution in [-0.2, 0) is 7.05 Å². The summed E-state index contributed by atoms with van der Waals surface area (Å²) >= 11 is 6.48. The molecular formula is C16H17ClN2O4. The quantitative estimate of drug-likeness (QED) is 0.930. The van der Waals surface area contributed by atoms with E-state index in [4.69, 9.17) is 26.2 Å². The summed E-state index contributed by atoms with van der Waals surface area (Å²) in [4.78, 5) is 11.2. The van der Waals surface area contributed by atoms with Gasteiger partial charge in [0, 0.05) is 24.2 Å². The first-order valence-corrected chi connectivity index (χ1v) is 7.67. The van der Waals surface area contributed by atoms with Gasteiger partial charge in [-0.05, 0) is 12.0 Å². The monoisotopic (exact) mass is 336 g/mol. The van der Waals surface area contributed by atoms with Crippen LogP contribution in [0.1, 0.15) is 35.8 Å². The highest BCUT2D eigenvalue weighted by atomic mass is 35.5. The molecule has 0 bridgehead atoms. The van der Waals surface area contributed by atoms with Crippen molar-refractivity contribution in [2.45, 2.75) is 19.8 Å². The van der Waals surface area contributed by atoms with Crippen LogP contribution in [0.25, 0.3) is 11.3 Å². The summed E-state index contributed by atoms with van der Waals surface area (Å²) in [5, 5.41) is 13.7. The van der Waals surface area contributed by atoms with Gasteiger partial charge in [-0.15, -0.1) is 0 Å². The lowest BCUT2D eigenvalue weighted by atomic mass is 9.93. The van der Waals surface area contributed by atoms with Gasteiger partial charge in [0.05, 0.1) is 10.7 Å². The fourth-order valence-corrected chi connectivity index (χ4v) is 3.09. The Morgan fingerprint density at radius 2 is 2.04 bits per heavy atom. The predicted molar refractivity (Wildman–Crippen MR) is 85.7 cm³/mol. The number of carbonyl (C=O) groups is 1. The lowest BCUT2D eigenvalue weighted by Gasteiger charge is -2.25. The lowest BCUT2D eigenvalue weighted by Crippen LogP contribution is -2.17. The number of aromatic nitrogens is 2. The Hall–Kier alpha value is -2.21. The molecule has 3 rings (SSSR count). The van der Waals surface area contributed by atoms with Crippen molar-refractivity contribution in [2.75, 3.05) is 13.2 Å². The van der Waals surface area contributed by atoms with E-state index in [-0.39, 0.29) is 11.6 Å². The van der Waals surface area contributed by atoms with E-state index in [1.165, 1.54) is 10.7 Å². The number of hydrogen-bond acceptors (Lipinski definition) is 4. The summed E-state index contributed by atoms with van der Waals surface area (Å²) in [5.41, 5.74) is 2.23. The van der Waals surface area contributed by atoms with Crippen molar-refractivity contribution in [2.24, 2.45) is 7.05 Å². The van der Waals surface area contributed by atoms with Gasteiger partial charge in [0.25, 0.3) is 0 Å². The highest BCUT2D eigenvalue weighted by Crippen LogP contribution is 2.47. The molecule has 1 N–H and O–H groups in total. The van der Waals surface area contributed by atoms with E-state index in [9.17, 15) is 4.79 Å². The molecule has 122 valence electrons. The Morgan fingerprint density at radius 1 is 1.35 bits per heavy atom. The van der Waals surface area contributed by atoms with Crippen LogP contribution in [0.15, 0.2) is 12.1 Å². The molecule has 0 radical (unpaired) electrons. The molecule has 2 heterocycles. The third-order valence-corrected chi connectivity index (χ3v) is 4.05. The standard InChI is InChI=1S/C16H17ClN2O4/c1-8(2)13-14(11-7-10(16(20)21)18-19(11)3)9(17)6-12-15(13)23-5-4-22-12/h6-8H,4-5H2,1-3H3,(H,20,21). The molecule has 0 spiro atoms. The SMILES string of the molecule is CC(C)c1c2c(cc(Cl)c1-c1cc(C(=O)O)nn1C)OCCO2. The molecule has 0 amide bonds. The van der Waals surface area contributed by atoms with Gasteiger partial charge in [0.2, 0.25) is 0 Å². The Bertz CT molecular complexity index is 783. The third kappa shape index (κ3) is 2.63. The zero-order valence-corrected chi connectivity index (χ0v) is 13.8. The Balaban J connectivity index is 2.28. The number of halogens is 1. The Morgan fingerprint density at radius 3 is 2.65 bits per heavy atom. The van der Waals surface area contributed by atoms with Gasteiger partial charge < -0.3 is 14.6 Å². The van der Waals surface area contributed by atoms with E-state index in [1.54, 1.807) is 13.1 Å². The zero-order valence-electron chi connectivity index (χ0n) is 13.1. The van der Waals surface area contributed by atoms with Gasteiger partial charge in [-0.1, -0.05) is 25.4 Å². The van der Waals surface area contributed by atoms with Gasteiger partial charge in [-0.25, -0.2) is 4.79 Å². The van der Waals surface area contributed by atoms with Crippen LogP contribution in [-0.4, -0.2) is 34.1 Å². The van der Waals surface area contributed by atoms with Gasteiger partial charge in [0.15, 0.2) is 17.2 Å². The first-order chi connectivity index (χ1) is 10.9. The van der Waals surface area contributed by atoms with Gasteiger partial charge in [-0.2, -0.15) is 5.10 Å². The number of aromatic carboxylic acids is 1. The van der Waals surface area contributed by atoms with E-state index in [0.717, 1.165) is 11.1 Å². The second kappa shape index (κ2) is 5.77. The second-order valence-electron chi connectivity index (χ2n) is 5.67.